The van der Waals surface area contributed by atoms with Crippen molar-refractivity contribution in [2.24, 2.45) is 0 Å². The van der Waals surface area contributed by atoms with Gasteiger partial charge in [0.25, 0.3) is 5.92 Å². The number of likely N-dealkylation sites (tertiary alicyclic amines) is 1. The van der Waals surface area contributed by atoms with Crippen LogP contribution in [0.2, 0.25) is 0 Å². The number of alkyl halides is 2. The first-order valence-electron chi connectivity index (χ1n) is 5.63. The number of ether oxygens (including phenoxy) is 2. The summed E-state index contributed by atoms with van der Waals surface area (Å²) in [6.07, 6.45) is -3.90. The summed E-state index contributed by atoms with van der Waals surface area (Å²) in [7, 11) is 1.10. The maximum atomic E-state index is 13.6. The quantitative estimate of drug-likeness (QED) is 0.776. The molecule has 0 aromatic heterocycles. The summed E-state index contributed by atoms with van der Waals surface area (Å²) in [6.45, 7) is 3.87. The number of methoxy groups -OCH3 is 1. The highest BCUT2D eigenvalue weighted by molar-refractivity contribution is 5.68. The van der Waals surface area contributed by atoms with Crippen molar-refractivity contribution < 1.29 is 28.2 Å². The van der Waals surface area contributed by atoms with Gasteiger partial charge in [0.1, 0.15) is 17.8 Å². The molecule has 0 radical (unpaired) electrons. The van der Waals surface area contributed by atoms with Crippen LogP contribution in [0.15, 0.2) is 0 Å². The van der Waals surface area contributed by atoms with Gasteiger partial charge in [0, 0.05) is 7.11 Å². The predicted octanol–water partition coefficient (Wildman–Crippen LogP) is 1.25. The summed E-state index contributed by atoms with van der Waals surface area (Å²) >= 11 is 0. The Bertz CT molecular complexity index is 317. The van der Waals surface area contributed by atoms with E-state index in [4.69, 9.17) is 4.74 Å². The van der Waals surface area contributed by atoms with Gasteiger partial charge in [-0.15, -0.1) is 0 Å². The zero-order chi connectivity index (χ0) is 14.1. The number of piperidine rings is 1. The number of hydrogen-bond donors (Lipinski definition) is 1. The number of nitrogens with zero attached hydrogens (tertiary/aromatic N) is 1. The summed E-state index contributed by atoms with van der Waals surface area (Å²) < 4.78 is 36.8. The number of aliphatic hydroxyl groups excluding tert-OH is 1. The van der Waals surface area contributed by atoms with Crippen LogP contribution in [0.4, 0.5) is 13.6 Å². The van der Waals surface area contributed by atoms with Gasteiger partial charge in [-0.2, -0.15) is 0 Å². The minimum absolute atomic E-state index is 0.233. The van der Waals surface area contributed by atoms with Crippen molar-refractivity contribution in [1.29, 1.82) is 0 Å². The molecule has 1 heterocycles. The lowest BCUT2D eigenvalue weighted by atomic mass is 10.0. The van der Waals surface area contributed by atoms with Gasteiger partial charge in [-0.1, -0.05) is 0 Å². The van der Waals surface area contributed by atoms with Crippen LogP contribution in [0.3, 0.4) is 0 Å². The first-order valence-corrected chi connectivity index (χ1v) is 5.63. The lowest BCUT2D eigenvalue weighted by molar-refractivity contribution is -0.201. The minimum Gasteiger partial charge on any atom is -0.444 e. The van der Waals surface area contributed by atoms with E-state index in [1.165, 1.54) is 0 Å². The van der Waals surface area contributed by atoms with Gasteiger partial charge in [0.15, 0.2) is 0 Å². The SMILES string of the molecule is COC1C(O)CN(C(=O)OC(C)(C)C)CC1(F)F. The molecule has 0 spiro atoms. The van der Waals surface area contributed by atoms with Crippen LogP contribution >= 0.6 is 0 Å². The molecule has 7 heteroatoms. The second kappa shape index (κ2) is 4.97. The molecule has 5 nitrogen and oxygen atoms in total. The second-order valence-electron chi connectivity index (χ2n) is 5.35. The fourth-order valence-electron chi connectivity index (χ4n) is 1.81. The Hall–Kier alpha value is -0.950. The number of carbonyl (C=O) groups is 1. The van der Waals surface area contributed by atoms with E-state index in [2.05, 4.69) is 4.74 Å². The van der Waals surface area contributed by atoms with E-state index in [9.17, 15) is 18.7 Å². The largest absolute Gasteiger partial charge is 0.444 e. The van der Waals surface area contributed by atoms with Crippen LogP contribution < -0.4 is 0 Å². The summed E-state index contributed by atoms with van der Waals surface area (Å²) in [5, 5.41) is 9.57. The Kier molecular flexibility index (Phi) is 4.17. The van der Waals surface area contributed by atoms with E-state index in [0.717, 1.165) is 12.0 Å². The zero-order valence-electron chi connectivity index (χ0n) is 10.9. The normalized spacial score (nSPS) is 28.1. The molecule has 2 unspecified atom stereocenters. The molecule has 0 bridgehead atoms. The molecule has 0 saturated carbocycles. The number of amides is 1. The van der Waals surface area contributed by atoms with Crippen LogP contribution in [0.1, 0.15) is 20.8 Å². The highest BCUT2D eigenvalue weighted by Gasteiger charge is 2.51. The number of rotatable bonds is 1. The first kappa shape index (κ1) is 15.1. The van der Waals surface area contributed by atoms with Gasteiger partial charge in [-0.05, 0) is 20.8 Å². The maximum absolute atomic E-state index is 13.6. The van der Waals surface area contributed by atoms with E-state index in [1.54, 1.807) is 20.8 Å². The van der Waals surface area contributed by atoms with Crippen molar-refractivity contribution in [3.8, 4) is 0 Å². The predicted molar refractivity (Wildman–Crippen MR) is 59.6 cm³/mol. The fraction of sp³-hybridized carbons (Fsp3) is 0.909. The number of halogens is 2. The summed E-state index contributed by atoms with van der Waals surface area (Å²) in [5.74, 6) is -3.30. The Morgan fingerprint density at radius 2 is 2.00 bits per heavy atom. The standard InChI is InChI=1S/C11H19F2NO4/c1-10(2,3)18-9(16)14-5-7(15)8(17-4)11(12,13)6-14/h7-8,15H,5-6H2,1-4H3. The Balaban J connectivity index is 2.74. The molecule has 0 aromatic carbocycles. The molecule has 0 aromatic rings. The molecule has 1 N–H and O–H groups in total. The number of β-amino-alcohol motifs (C(OH)–C–C–N with tert-alkyl or cyclic N) is 1. The monoisotopic (exact) mass is 267 g/mol. The molecular weight excluding hydrogens is 248 g/mol. The molecule has 18 heavy (non-hydrogen) atoms. The third-order valence-corrected chi connectivity index (χ3v) is 2.48. The molecule has 1 aliphatic heterocycles. The van der Waals surface area contributed by atoms with Crippen molar-refractivity contribution in [3.63, 3.8) is 0 Å². The van der Waals surface area contributed by atoms with Crippen LogP contribution in [0.25, 0.3) is 0 Å². The van der Waals surface area contributed by atoms with E-state index >= 15 is 0 Å². The zero-order valence-corrected chi connectivity index (χ0v) is 10.9. The third kappa shape index (κ3) is 3.52. The maximum Gasteiger partial charge on any atom is 0.410 e. The minimum atomic E-state index is -3.30. The molecule has 106 valence electrons. The Labute approximate surface area is 105 Å². The molecule has 1 amide bonds. The molecule has 1 fully saturated rings. The summed E-state index contributed by atoms with van der Waals surface area (Å²) in [5.41, 5.74) is -0.768. The van der Waals surface area contributed by atoms with Crippen molar-refractivity contribution >= 4 is 6.09 Å². The van der Waals surface area contributed by atoms with Crippen LogP contribution in [0.5, 0.6) is 0 Å². The van der Waals surface area contributed by atoms with Crippen LogP contribution in [-0.2, 0) is 9.47 Å². The highest BCUT2D eigenvalue weighted by atomic mass is 19.3. The second-order valence-corrected chi connectivity index (χ2v) is 5.35. The summed E-state index contributed by atoms with van der Waals surface area (Å²) in [4.78, 5) is 12.5. The van der Waals surface area contributed by atoms with E-state index in [0.29, 0.717) is 0 Å². The van der Waals surface area contributed by atoms with Crippen molar-refractivity contribution in [3.05, 3.63) is 0 Å². The van der Waals surface area contributed by atoms with E-state index in [-0.39, 0.29) is 6.54 Å². The van der Waals surface area contributed by atoms with Crippen LogP contribution in [-0.4, -0.2) is 60.0 Å². The topological polar surface area (TPSA) is 59.0 Å². The van der Waals surface area contributed by atoms with Crippen molar-refractivity contribution in [2.45, 2.75) is 44.5 Å². The average molecular weight is 267 g/mol. The first-order chi connectivity index (χ1) is 8.07. The van der Waals surface area contributed by atoms with Gasteiger partial charge in [-0.3, -0.25) is 4.90 Å². The molecule has 1 saturated heterocycles. The Morgan fingerprint density at radius 3 is 2.39 bits per heavy atom. The third-order valence-electron chi connectivity index (χ3n) is 2.48. The van der Waals surface area contributed by atoms with Crippen molar-refractivity contribution in [1.82, 2.24) is 4.90 Å². The van der Waals surface area contributed by atoms with Gasteiger partial charge in [-0.25, -0.2) is 13.6 Å². The lowest BCUT2D eigenvalue weighted by Crippen LogP contribution is -2.61. The molecule has 1 rings (SSSR count). The number of carbonyl (C=O) groups excluding carboxylic acids is 1. The van der Waals surface area contributed by atoms with Crippen molar-refractivity contribution in [2.75, 3.05) is 20.2 Å². The van der Waals surface area contributed by atoms with E-state index < -0.39 is 36.4 Å². The summed E-state index contributed by atoms with van der Waals surface area (Å²) in [6, 6.07) is 0. The van der Waals surface area contributed by atoms with Gasteiger partial charge in [0.2, 0.25) is 0 Å². The van der Waals surface area contributed by atoms with Gasteiger partial charge in [0.05, 0.1) is 13.1 Å². The molecule has 1 aliphatic rings. The highest BCUT2D eigenvalue weighted by Crippen LogP contribution is 2.30. The molecule has 2 atom stereocenters. The lowest BCUT2D eigenvalue weighted by Gasteiger charge is -2.40. The van der Waals surface area contributed by atoms with Gasteiger partial charge < -0.3 is 14.6 Å². The fourth-order valence-corrected chi connectivity index (χ4v) is 1.81. The average Bonchev–Trinajstić information content (AvgIpc) is 2.12. The smallest absolute Gasteiger partial charge is 0.410 e. The number of aliphatic hydroxyl groups is 1. The van der Waals surface area contributed by atoms with Crippen LogP contribution in [0, 0.1) is 0 Å². The number of hydrogen-bond acceptors (Lipinski definition) is 4. The Morgan fingerprint density at radius 1 is 1.44 bits per heavy atom. The molecular formula is C11H19F2NO4. The van der Waals surface area contributed by atoms with E-state index in [1.807, 2.05) is 0 Å². The molecule has 0 aliphatic carbocycles. The van der Waals surface area contributed by atoms with Gasteiger partial charge >= 0.3 is 6.09 Å².